The molecule has 2 nitrogen and oxygen atoms in total. The Bertz CT molecular complexity index is 166. The van der Waals surface area contributed by atoms with Gasteiger partial charge in [-0.1, -0.05) is 6.58 Å². The summed E-state index contributed by atoms with van der Waals surface area (Å²) in [6, 6.07) is 0. The largest absolute Gasteiger partial charge is 0.457 e. The predicted molar refractivity (Wildman–Crippen MR) is 32.8 cm³/mol. The van der Waals surface area contributed by atoms with E-state index in [1.165, 1.54) is 0 Å². The van der Waals surface area contributed by atoms with Crippen molar-refractivity contribution < 1.29 is 9.53 Å². The van der Waals surface area contributed by atoms with E-state index in [0.717, 1.165) is 6.42 Å². The van der Waals surface area contributed by atoms with Gasteiger partial charge < -0.3 is 4.74 Å². The molecule has 48 valence electrons. The third kappa shape index (κ3) is 1.44. The highest BCUT2D eigenvalue weighted by atomic mass is 16.5. The van der Waals surface area contributed by atoms with E-state index < -0.39 is 0 Å². The summed E-state index contributed by atoms with van der Waals surface area (Å²) < 4.78 is 4.80. The molecular weight excluding hydrogens is 116 g/mol. The summed E-state index contributed by atoms with van der Waals surface area (Å²) in [4.78, 5) is 10.4. The van der Waals surface area contributed by atoms with Crippen LogP contribution < -0.4 is 0 Å². The first-order valence-corrected chi connectivity index (χ1v) is 2.88. The number of ether oxygens (including phenoxy) is 1. The zero-order valence-corrected chi connectivity index (χ0v) is 5.09. The molecule has 1 saturated heterocycles. The van der Waals surface area contributed by atoms with Crippen molar-refractivity contribution in [3.05, 3.63) is 18.4 Å². The summed E-state index contributed by atoms with van der Waals surface area (Å²) in [6.07, 6.45) is 2.92. The van der Waals surface area contributed by atoms with Crippen LogP contribution in [0.5, 0.6) is 0 Å². The van der Waals surface area contributed by atoms with Crippen molar-refractivity contribution in [1.82, 2.24) is 0 Å². The van der Waals surface area contributed by atoms with Crippen molar-refractivity contribution in [3.8, 4) is 0 Å². The monoisotopic (exact) mass is 124 g/mol. The van der Waals surface area contributed by atoms with Gasteiger partial charge in [0, 0.05) is 6.42 Å². The van der Waals surface area contributed by atoms with E-state index >= 15 is 0 Å². The molecular formula is C7H8O2. The number of cyclic esters (lactones) is 1. The van der Waals surface area contributed by atoms with Crippen molar-refractivity contribution in [2.24, 2.45) is 0 Å². The number of carbonyl (C=O) groups excluding carboxylic acids is 1. The van der Waals surface area contributed by atoms with E-state index in [9.17, 15) is 4.79 Å². The third-order valence-electron chi connectivity index (χ3n) is 1.22. The maximum absolute atomic E-state index is 10.4. The fourth-order valence-corrected chi connectivity index (χ4v) is 0.796. The highest BCUT2D eigenvalue weighted by Gasteiger charge is 2.19. The minimum atomic E-state index is -0.119. The second kappa shape index (κ2) is 2.51. The SMILES string of the molecule is C=C=CC1CCC(=O)O1. The fraction of sp³-hybridized carbons (Fsp3) is 0.429. The number of hydrogen-bond acceptors (Lipinski definition) is 2. The van der Waals surface area contributed by atoms with Gasteiger partial charge in [0.2, 0.25) is 0 Å². The average Bonchev–Trinajstić information content (AvgIpc) is 2.17. The van der Waals surface area contributed by atoms with Crippen molar-refractivity contribution in [1.29, 1.82) is 0 Å². The smallest absolute Gasteiger partial charge is 0.306 e. The first kappa shape index (κ1) is 6.12. The van der Waals surface area contributed by atoms with E-state index in [1.54, 1.807) is 6.08 Å². The van der Waals surface area contributed by atoms with Gasteiger partial charge in [-0.25, -0.2) is 0 Å². The van der Waals surface area contributed by atoms with Gasteiger partial charge in [0.25, 0.3) is 0 Å². The molecule has 1 unspecified atom stereocenters. The van der Waals surface area contributed by atoms with Crippen molar-refractivity contribution >= 4 is 5.97 Å². The number of rotatable bonds is 1. The molecule has 0 saturated carbocycles. The van der Waals surface area contributed by atoms with Gasteiger partial charge in [-0.2, -0.15) is 0 Å². The second-order valence-electron chi connectivity index (χ2n) is 1.94. The lowest BCUT2D eigenvalue weighted by molar-refractivity contribution is -0.139. The second-order valence-corrected chi connectivity index (χ2v) is 1.94. The Labute approximate surface area is 53.8 Å². The van der Waals surface area contributed by atoms with Gasteiger partial charge >= 0.3 is 5.97 Å². The lowest BCUT2D eigenvalue weighted by Crippen LogP contribution is -2.00. The molecule has 1 fully saturated rings. The fourth-order valence-electron chi connectivity index (χ4n) is 0.796. The van der Waals surface area contributed by atoms with Gasteiger partial charge in [-0.15, -0.1) is 5.73 Å². The number of hydrogen-bond donors (Lipinski definition) is 0. The van der Waals surface area contributed by atoms with E-state index in [4.69, 9.17) is 4.74 Å². The van der Waals surface area contributed by atoms with Crippen molar-refractivity contribution in [2.75, 3.05) is 0 Å². The zero-order valence-electron chi connectivity index (χ0n) is 5.09. The van der Waals surface area contributed by atoms with Gasteiger partial charge in [0.15, 0.2) is 0 Å². The molecule has 0 aromatic carbocycles. The normalized spacial score (nSPS) is 24.9. The molecule has 0 aromatic heterocycles. The molecule has 0 N–H and O–H groups in total. The minimum Gasteiger partial charge on any atom is -0.457 e. The molecule has 1 aliphatic heterocycles. The highest BCUT2D eigenvalue weighted by Crippen LogP contribution is 2.13. The zero-order chi connectivity index (χ0) is 6.69. The first-order valence-electron chi connectivity index (χ1n) is 2.88. The van der Waals surface area contributed by atoms with Crippen LogP contribution in [0, 0.1) is 0 Å². The first-order chi connectivity index (χ1) is 4.33. The molecule has 9 heavy (non-hydrogen) atoms. The molecule has 0 spiro atoms. The lowest BCUT2D eigenvalue weighted by atomic mass is 10.2. The van der Waals surface area contributed by atoms with Crippen LogP contribution in [0.15, 0.2) is 18.4 Å². The van der Waals surface area contributed by atoms with Crippen LogP contribution in [-0.2, 0) is 9.53 Å². The molecule has 1 atom stereocenters. The van der Waals surface area contributed by atoms with E-state index in [-0.39, 0.29) is 12.1 Å². The van der Waals surface area contributed by atoms with Crippen LogP contribution in [0.3, 0.4) is 0 Å². The Morgan fingerprint density at radius 3 is 3.11 bits per heavy atom. The number of esters is 1. The molecule has 0 aromatic rings. The topological polar surface area (TPSA) is 26.3 Å². The highest BCUT2D eigenvalue weighted by molar-refractivity contribution is 5.71. The summed E-state index contributed by atoms with van der Waals surface area (Å²) in [5, 5.41) is 0. The lowest BCUT2D eigenvalue weighted by Gasteiger charge is -1.97. The molecule has 1 aliphatic rings. The maximum Gasteiger partial charge on any atom is 0.306 e. The molecule has 0 aliphatic carbocycles. The number of carbonyl (C=O) groups is 1. The van der Waals surface area contributed by atoms with E-state index in [2.05, 4.69) is 12.3 Å². The summed E-state index contributed by atoms with van der Waals surface area (Å²) >= 11 is 0. The third-order valence-corrected chi connectivity index (χ3v) is 1.22. The van der Waals surface area contributed by atoms with Gasteiger partial charge in [-0.3, -0.25) is 4.79 Å². The van der Waals surface area contributed by atoms with Gasteiger partial charge in [-0.05, 0) is 12.5 Å². The Balaban J connectivity index is 2.48. The van der Waals surface area contributed by atoms with Crippen LogP contribution in [0.1, 0.15) is 12.8 Å². The molecule has 1 rings (SSSR count). The standard InChI is InChI=1S/C7H8O2/c1-2-3-6-4-5-7(8)9-6/h3,6H,1,4-5H2. The Morgan fingerprint density at radius 2 is 2.67 bits per heavy atom. The van der Waals surface area contributed by atoms with Crippen LogP contribution in [0.2, 0.25) is 0 Å². The Morgan fingerprint density at radius 1 is 1.89 bits per heavy atom. The molecule has 0 radical (unpaired) electrons. The van der Waals surface area contributed by atoms with Crippen LogP contribution >= 0.6 is 0 Å². The summed E-state index contributed by atoms with van der Waals surface area (Å²) in [5.74, 6) is -0.119. The van der Waals surface area contributed by atoms with Crippen LogP contribution in [0.25, 0.3) is 0 Å². The van der Waals surface area contributed by atoms with Crippen LogP contribution in [-0.4, -0.2) is 12.1 Å². The predicted octanol–water partition coefficient (Wildman–Crippen LogP) is 1.03. The van der Waals surface area contributed by atoms with Crippen LogP contribution in [0.4, 0.5) is 0 Å². The molecule has 0 bridgehead atoms. The van der Waals surface area contributed by atoms with Gasteiger partial charge in [0.05, 0.1) is 0 Å². The average molecular weight is 124 g/mol. The van der Waals surface area contributed by atoms with E-state index in [0.29, 0.717) is 6.42 Å². The van der Waals surface area contributed by atoms with Crippen molar-refractivity contribution in [3.63, 3.8) is 0 Å². The Hall–Kier alpha value is -1.01. The maximum atomic E-state index is 10.4. The summed E-state index contributed by atoms with van der Waals surface area (Å²) in [7, 11) is 0. The minimum absolute atomic E-state index is 0.0602. The van der Waals surface area contributed by atoms with Crippen molar-refractivity contribution in [2.45, 2.75) is 18.9 Å². The molecule has 2 heteroatoms. The molecule has 0 amide bonds. The quantitative estimate of drug-likeness (QED) is 0.385. The molecule has 1 heterocycles. The Kier molecular flexibility index (Phi) is 1.71. The van der Waals surface area contributed by atoms with E-state index in [1.807, 2.05) is 0 Å². The summed E-state index contributed by atoms with van der Waals surface area (Å²) in [6.45, 7) is 3.38. The summed E-state index contributed by atoms with van der Waals surface area (Å²) in [5.41, 5.74) is 2.58. The van der Waals surface area contributed by atoms with Gasteiger partial charge in [0.1, 0.15) is 6.10 Å².